The van der Waals surface area contributed by atoms with Gasteiger partial charge in [0, 0.05) is 75.6 Å². The molecule has 0 aliphatic heterocycles. The number of hydrogen-bond acceptors (Lipinski definition) is 3. The molecular formula is C64H40N2OS. The Kier molecular flexibility index (Phi) is 8.76. The standard InChI is InChI=1S/C64H40N2OS/c1-2-18-49-41(14-1)15-12-23-50(49)42-30-34-45(35-31-42)65(46-36-32-43(33-37-46)51-24-13-25-56-54-21-5-9-28-61(54)67-63(51)56)48-39-57(64-58(40-48)55-22-6-10-29-62(55)68-64)44-16-11-17-47(38-44)66-59-26-7-3-19-52(59)53-20-4-8-27-60(53)66/h1-40H. The van der Waals surface area contributed by atoms with Crippen molar-refractivity contribution in [3.8, 4) is 39.1 Å². The van der Waals surface area contributed by atoms with Crippen molar-refractivity contribution in [1.82, 2.24) is 4.57 Å². The molecule has 0 saturated heterocycles. The lowest BCUT2D eigenvalue weighted by Gasteiger charge is -2.27. The Morgan fingerprint density at radius 2 is 0.926 bits per heavy atom. The minimum absolute atomic E-state index is 0.900. The fraction of sp³-hybridized carbons (Fsp3) is 0. The van der Waals surface area contributed by atoms with Crippen LogP contribution < -0.4 is 4.90 Å². The van der Waals surface area contributed by atoms with Crippen molar-refractivity contribution in [2.45, 2.75) is 0 Å². The largest absolute Gasteiger partial charge is 0.455 e. The van der Waals surface area contributed by atoms with Crippen molar-refractivity contribution in [1.29, 1.82) is 0 Å². The summed E-state index contributed by atoms with van der Waals surface area (Å²) in [5, 5.41) is 9.75. The van der Waals surface area contributed by atoms with Gasteiger partial charge in [-0.3, -0.25) is 0 Å². The number of hydrogen-bond donors (Lipinski definition) is 0. The number of furan rings is 1. The average molecular weight is 885 g/mol. The summed E-state index contributed by atoms with van der Waals surface area (Å²) in [4.78, 5) is 2.42. The Bertz CT molecular complexity index is 4210. The molecule has 0 bridgehead atoms. The number of rotatable bonds is 7. The first-order chi connectivity index (χ1) is 33.7. The quantitative estimate of drug-likeness (QED) is 0.159. The maximum atomic E-state index is 6.52. The maximum absolute atomic E-state index is 6.52. The Labute approximate surface area is 396 Å². The van der Waals surface area contributed by atoms with Crippen LogP contribution in [0.3, 0.4) is 0 Å². The number of anilines is 3. The minimum atomic E-state index is 0.900. The van der Waals surface area contributed by atoms with Crippen LogP contribution in [0.15, 0.2) is 247 Å². The van der Waals surface area contributed by atoms with Gasteiger partial charge in [0.1, 0.15) is 11.2 Å². The topological polar surface area (TPSA) is 21.3 Å². The van der Waals surface area contributed by atoms with Crippen LogP contribution >= 0.6 is 11.3 Å². The van der Waals surface area contributed by atoms with Crippen LogP contribution in [0.2, 0.25) is 0 Å². The number of benzene rings is 11. The average Bonchev–Trinajstić information content (AvgIpc) is 4.09. The molecule has 4 heteroatoms. The van der Waals surface area contributed by atoms with Crippen molar-refractivity contribution in [3.05, 3.63) is 243 Å². The molecule has 0 atom stereocenters. The summed E-state index contributed by atoms with van der Waals surface area (Å²) < 4.78 is 11.5. The first-order valence-electron chi connectivity index (χ1n) is 23.2. The van der Waals surface area contributed by atoms with Crippen LogP contribution in [0, 0.1) is 0 Å². The second-order valence-corrected chi connectivity index (χ2v) is 18.7. The lowest BCUT2D eigenvalue weighted by molar-refractivity contribution is 0.670. The molecule has 318 valence electrons. The molecule has 0 aliphatic rings. The van der Waals surface area contributed by atoms with Crippen LogP contribution in [0.1, 0.15) is 0 Å². The second kappa shape index (κ2) is 15.5. The highest BCUT2D eigenvalue weighted by Crippen LogP contribution is 2.47. The van der Waals surface area contributed by atoms with Crippen LogP contribution in [-0.2, 0) is 0 Å². The SMILES string of the molecule is c1cc(-c2cc(N(c3ccc(-c4cccc5ccccc45)cc3)c3ccc(-c4cccc5c4oc4ccccc45)cc3)cc3c2sc2ccccc23)cc(-n2c3ccccc3c3ccccc32)c1. The van der Waals surface area contributed by atoms with Gasteiger partial charge < -0.3 is 13.9 Å². The van der Waals surface area contributed by atoms with Crippen molar-refractivity contribution in [2.75, 3.05) is 4.90 Å². The monoisotopic (exact) mass is 884 g/mol. The molecule has 68 heavy (non-hydrogen) atoms. The van der Waals surface area contributed by atoms with Crippen LogP contribution in [0.5, 0.6) is 0 Å². The van der Waals surface area contributed by atoms with E-state index in [0.29, 0.717) is 0 Å². The van der Waals surface area contributed by atoms with Crippen LogP contribution in [0.25, 0.3) is 114 Å². The lowest BCUT2D eigenvalue weighted by atomic mass is 9.97. The van der Waals surface area contributed by atoms with Crippen molar-refractivity contribution in [2.24, 2.45) is 0 Å². The smallest absolute Gasteiger partial charge is 0.143 e. The third-order valence-corrected chi connectivity index (χ3v) is 15.0. The van der Waals surface area contributed by atoms with E-state index in [9.17, 15) is 0 Å². The molecule has 0 N–H and O–H groups in total. The normalized spacial score (nSPS) is 11.8. The molecule has 0 amide bonds. The van der Waals surface area contributed by atoms with Crippen molar-refractivity contribution in [3.63, 3.8) is 0 Å². The zero-order valence-corrected chi connectivity index (χ0v) is 37.6. The molecule has 3 heterocycles. The summed E-state index contributed by atoms with van der Waals surface area (Å²) in [6, 6.07) is 88.3. The highest BCUT2D eigenvalue weighted by atomic mass is 32.1. The molecule has 3 nitrogen and oxygen atoms in total. The molecule has 0 fully saturated rings. The van der Waals surface area contributed by atoms with Gasteiger partial charge in [-0.25, -0.2) is 0 Å². The zero-order chi connectivity index (χ0) is 44.7. The summed E-state index contributed by atoms with van der Waals surface area (Å²) in [5.41, 5.74) is 15.5. The van der Waals surface area contributed by atoms with Gasteiger partial charge in [0.15, 0.2) is 0 Å². The number of aromatic nitrogens is 1. The highest BCUT2D eigenvalue weighted by molar-refractivity contribution is 7.26. The van der Waals surface area contributed by atoms with E-state index in [2.05, 4.69) is 240 Å². The summed E-state index contributed by atoms with van der Waals surface area (Å²) >= 11 is 1.87. The Balaban J connectivity index is 0.966. The van der Waals surface area contributed by atoms with Crippen LogP contribution in [0.4, 0.5) is 17.1 Å². The summed E-state index contributed by atoms with van der Waals surface area (Å²) in [5.74, 6) is 0. The maximum Gasteiger partial charge on any atom is 0.143 e. The van der Waals surface area contributed by atoms with E-state index >= 15 is 0 Å². The minimum Gasteiger partial charge on any atom is -0.455 e. The predicted molar refractivity (Wildman–Crippen MR) is 289 cm³/mol. The fourth-order valence-electron chi connectivity index (χ4n) is 10.6. The van der Waals surface area contributed by atoms with Gasteiger partial charge in [-0.05, 0) is 106 Å². The molecule has 0 aliphatic carbocycles. The number of thiophene rings is 1. The number of nitrogens with zero attached hydrogens (tertiary/aromatic N) is 2. The summed E-state index contributed by atoms with van der Waals surface area (Å²) in [6.45, 7) is 0. The molecule has 0 radical (unpaired) electrons. The van der Waals surface area contributed by atoms with Crippen molar-refractivity contribution < 1.29 is 4.42 Å². The zero-order valence-electron chi connectivity index (χ0n) is 36.8. The van der Waals surface area contributed by atoms with E-state index in [-0.39, 0.29) is 0 Å². The van der Waals surface area contributed by atoms with E-state index in [4.69, 9.17) is 4.42 Å². The van der Waals surface area contributed by atoms with Crippen molar-refractivity contribution >= 4 is 103 Å². The molecular weight excluding hydrogens is 845 g/mol. The molecule has 14 aromatic rings. The predicted octanol–water partition coefficient (Wildman–Crippen LogP) is 18.7. The van der Waals surface area contributed by atoms with E-state index in [0.717, 1.165) is 55.8 Å². The van der Waals surface area contributed by atoms with Gasteiger partial charge in [-0.2, -0.15) is 0 Å². The first-order valence-corrected chi connectivity index (χ1v) is 24.0. The molecule has 3 aromatic heterocycles. The third-order valence-electron chi connectivity index (χ3n) is 13.8. The van der Waals surface area contributed by atoms with E-state index in [1.165, 1.54) is 75.0 Å². The Morgan fingerprint density at radius 3 is 1.69 bits per heavy atom. The van der Waals surface area contributed by atoms with Gasteiger partial charge in [-0.15, -0.1) is 11.3 Å². The molecule has 11 aromatic carbocycles. The Morgan fingerprint density at radius 1 is 0.353 bits per heavy atom. The number of fused-ring (bicyclic) bond motifs is 10. The van der Waals surface area contributed by atoms with E-state index in [1.807, 2.05) is 23.5 Å². The number of para-hydroxylation sites is 4. The highest BCUT2D eigenvalue weighted by Gasteiger charge is 2.21. The molecule has 0 unspecified atom stereocenters. The molecule has 14 rings (SSSR count). The first kappa shape index (κ1) is 38.6. The van der Waals surface area contributed by atoms with Gasteiger partial charge in [0.2, 0.25) is 0 Å². The lowest BCUT2D eigenvalue weighted by Crippen LogP contribution is -2.10. The van der Waals surface area contributed by atoms with Crippen LogP contribution in [-0.4, -0.2) is 4.57 Å². The Hall–Kier alpha value is -8.70. The fourth-order valence-corrected chi connectivity index (χ4v) is 11.9. The van der Waals surface area contributed by atoms with Gasteiger partial charge >= 0.3 is 0 Å². The van der Waals surface area contributed by atoms with E-state index in [1.54, 1.807) is 0 Å². The molecule has 0 saturated carbocycles. The van der Waals surface area contributed by atoms with Gasteiger partial charge in [0.05, 0.1) is 11.0 Å². The third kappa shape index (κ3) is 6.12. The summed E-state index contributed by atoms with van der Waals surface area (Å²) in [7, 11) is 0. The van der Waals surface area contributed by atoms with E-state index < -0.39 is 0 Å². The van der Waals surface area contributed by atoms with Gasteiger partial charge in [-0.1, -0.05) is 170 Å². The second-order valence-electron chi connectivity index (χ2n) is 17.6. The summed E-state index contributed by atoms with van der Waals surface area (Å²) in [6.07, 6.45) is 0. The van der Waals surface area contributed by atoms with Gasteiger partial charge in [0.25, 0.3) is 0 Å². The molecule has 0 spiro atoms.